The molecular weight excluding hydrogens is 489 g/mol. The average Bonchev–Trinajstić information content (AvgIpc) is 3.07. The van der Waals surface area contributed by atoms with Gasteiger partial charge in [-0.15, -0.1) is 0 Å². The third-order valence-electron chi connectivity index (χ3n) is 5.17. The molecule has 2 N–H and O–H groups in total. The van der Waals surface area contributed by atoms with Crippen molar-refractivity contribution >= 4 is 52.8 Å². The maximum absolute atomic E-state index is 12.7. The number of imide groups is 1. The number of ether oxygens (including phenoxy) is 1. The van der Waals surface area contributed by atoms with Crippen LogP contribution in [0.25, 0.3) is 6.08 Å². The summed E-state index contributed by atoms with van der Waals surface area (Å²) in [6, 6.07) is 18.8. The number of hydrogen-bond acceptors (Lipinski definition) is 4. The summed E-state index contributed by atoms with van der Waals surface area (Å²) in [7, 11) is 0. The molecule has 0 aromatic heterocycles. The van der Waals surface area contributed by atoms with E-state index < -0.39 is 24.4 Å². The molecule has 7 nitrogen and oxygen atoms in total. The molecule has 1 aliphatic rings. The first-order valence-electron chi connectivity index (χ1n) is 10.7. The van der Waals surface area contributed by atoms with Crippen LogP contribution in [0.3, 0.4) is 0 Å². The van der Waals surface area contributed by atoms with Gasteiger partial charge in [0, 0.05) is 21.3 Å². The summed E-state index contributed by atoms with van der Waals surface area (Å²) < 4.78 is 5.76. The summed E-state index contributed by atoms with van der Waals surface area (Å²) in [6.07, 6.45) is 1.54. The molecule has 1 heterocycles. The second-order valence-corrected chi connectivity index (χ2v) is 8.73. The maximum atomic E-state index is 12.7. The Labute approximate surface area is 212 Å². The van der Waals surface area contributed by atoms with Crippen molar-refractivity contribution in [2.24, 2.45) is 0 Å². The lowest BCUT2D eigenvalue weighted by Crippen LogP contribution is -2.38. The van der Waals surface area contributed by atoms with E-state index in [2.05, 4.69) is 10.6 Å². The molecule has 0 saturated carbocycles. The number of nitrogens with one attached hydrogen (secondary N) is 2. The van der Waals surface area contributed by atoms with E-state index in [4.69, 9.17) is 27.9 Å². The predicted molar refractivity (Wildman–Crippen MR) is 135 cm³/mol. The Bertz CT molecular complexity index is 1320. The molecule has 0 bridgehead atoms. The molecular formula is C26H21Cl2N3O4. The molecule has 0 atom stereocenters. The first kappa shape index (κ1) is 24.3. The van der Waals surface area contributed by atoms with Crippen molar-refractivity contribution in [1.82, 2.24) is 10.2 Å². The Morgan fingerprint density at radius 3 is 2.54 bits per heavy atom. The summed E-state index contributed by atoms with van der Waals surface area (Å²) >= 11 is 12.1. The summed E-state index contributed by atoms with van der Waals surface area (Å²) in [5.74, 6) is -0.441. The van der Waals surface area contributed by atoms with E-state index in [0.717, 1.165) is 16.0 Å². The topological polar surface area (TPSA) is 87.7 Å². The van der Waals surface area contributed by atoms with Crippen molar-refractivity contribution in [1.29, 1.82) is 0 Å². The number of rotatable bonds is 7. The minimum absolute atomic E-state index is 0.0833. The van der Waals surface area contributed by atoms with Crippen LogP contribution in [0.2, 0.25) is 10.0 Å². The number of anilines is 1. The number of hydrogen-bond donors (Lipinski definition) is 2. The number of urea groups is 1. The largest absolute Gasteiger partial charge is 0.489 e. The van der Waals surface area contributed by atoms with Crippen LogP contribution in [0.1, 0.15) is 16.7 Å². The number of amides is 4. The number of nitrogens with zero attached hydrogens (tertiary/aromatic N) is 1. The minimum Gasteiger partial charge on any atom is -0.489 e. The molecule has 4 amide bonds. The highest BCUT2D eigenvalue weighted by molar-refractivity contribution is 6.35. The Morgan fingerprint density at radius 1 is 1.06 bits per heavy atom. The third kappa shape index (κ3) is 6.20. The second kappa shape index (κ2) is 10.6. The van der Waals surface area contributed by atoms with Gasteiger partial charge < -0.3 is 15.4 Å². The monoisotopic (exact) mass is 509 g/mol. The molecule has 1 aliphatic heterocycles. The Hall–Kier alpha value is -3.81. The molecule has 0 unspecified atom stereocenters. The fourth-order valence-corrected chi connectivity index (χ4v) is 3.87. The van der Waals surface area contributed by atoms with Gasteiger partial charge in [-0.1, -0.05) is 53.5 Å². The quantitative estimate of drug-likeness (QED) is 0.329. The van der Waals surface area contributed by atoms with Crippen molar-refractivity contribution in [2.45, 2.75) is 13.5 Å². The average molecular weight is 510 g/mol. The summed E-state index contributed by atoms with van der Waals surface area (Å²) in [4.78, 5) is 38.2. The lowest BCUT2D eigenvalue weighted by Gasteiger charge is -2.12. The van der Waals surface area contributed by atoms with Crippen LogP contribution in [0.5, 0.6) is 5.75 Å². The number of carbonyl (C=O) groups is 3. The predicted octanol–water partition coefficient (Wildman–Crippen LogP) is 5.41. The van der Waals surface area contributed by atoms with Crippen LogP contribution in [-0.2, 0) is 16.2 Å². The molecule has 1 saturated heterocycles. The smallest absolute Gasteiger partial charge is 0.329 e. The fraction of sp³-hybridized carbons (Fsp3) is 0.115. The summed E-state index contributed by atoms with van der Waals surface area (Å²) in [5, 5.41) is 6.28. The number of aryl methyl sites for hydroxylation is 1. The van der Waals surface area contributed by atoms with Crippen LogP contribution in [0.15, 0.2) is 72.4 Å². The van der Waals surface area contributed by atoms with Gasteiger partial charge in [0.05, 0.1) is 0 Å². The maximum Gasteiger partial charge on any atom is 0.329 e. The zero-order chi connectivity index (χ0) is 24.9. The summed E-state index contributed by atoms with van der Waals surface area (Å²) in [6.45, 7) is 1.78. The van der Waals surface area contributed by atoms with Crippen molar-refractivity contribution < 1.29 is 19.1 Å². The molecule has 35 heavy (non-hydrogen) atoms. The van der Waals surface area contributed by atoms with Crippen molar-refractivity contribution in [3.8, 4) is 5.75 Å². The number of carbonyl (C=O) groups excluding carboxylic acids is 3. The second-order valence-electron chi connectivity index (χ2n) is 7.89. The van der Waals surface area contributed by atoms with E-state index in [1.54, 1.807) is 60.7 Å². The van der Waals surface area contributed by atoms with Crippen molar-refractivity contribution in [3.63, 3.8) is 0 Å². The highest BCUT2D eigenvalue weighted by Gasteiger charge is 2.34. The van der Waals surface area contributed by atoms with E-state index in [-0.39, 0.29) is 12.3 Å². The highest BCUT2D eigenvalue weighted by Crippen LogP contribution is 2.23. The zero-order valence-corrected chi connectivity index (χ0v) is 20.2. The van der Waals surface area contributed by atoms with Gasteiger partial charge >= 0.3 is 6.03 Å². The summed E-state index contributed by atoms with van der Waals surface area (Å²) in [5.41, 5.74) is 3.14. The van der Waals surface area contributed by atoms with Crippen LogP contribution < -0.4 is 15.4 Å². The molecule has 9 heteroatoms. The van der Waals surface area contributed by atoms with Gasteiger partial charge in [0.25, 0.3) is 5.91 Å². The molecule has 0 spiro atoms. The van der Waals surface area contributed by atoms with Gasteiger partial charge in [-0.2, -0.15) is 0 Å². The van der Waals surface area contributed by atoms with Crippen LogP contribution in [0, 0.1) is 6.92 Å². The van der Waals surface area contributed by atoms with Crippen LogP contribution in [0.4, 0.5) is 10.5 Å². The van der Waals surface area contributed by atoms with E-state index in [0.29, 0.717) is 27.0 Å². The SMILES string of the molecule is Cc1cccc(NC(=O)CN2C(=O)N/C(=C/c3ccc(OCc4ccc(Cl)cc4Cl)cc3)C2=O)c1. The molecule has 3 aromatic rings. The molecule has 4 rings (SSSR count). The Morgan fingerprint density at radius 2 is 1.83 bits per heavy atom. The standard InChI is InChI=1S/C26H21Cl2N3O4/c1-16-3-2-4-20(11-16)29-24(32)14-31-25(33)23(30-26(31)34)12-17-5-9-21(10-6-17)35-15-18-7-8-19(27)13-22(18)28/h2-13H,14-15H2,1H3,(H,29,32)(H,30,34)/b23-12+. The fourth-order valence-electron chi connectivity index (χ4n) is 3.41. The van der Waals surface area contributed by atoms with E-state index in [1.165, 1.54) is 0 Å². The Balaban J connectivity index is 1.36. The minimum atomic E-state index is -0.652. The van der Waals surface area contributed by atoms with Gasteiger partial charge in [-0.05, 0) is 60.5 Å². The number of benzene rings is 3. The van der Waals surface area contributed by atoms with Gasteiger partial charge in [0.1, 0.15) is 24.6 Å². The Kier molecular flexibility index (Phi) is 7.39. The molecule has 1 fully saturated rings. The highest BCUT2D eigenvalue weighted by atomic mass is 35.5. The van der Waals surface area contributed by atoms with Crippen LogP contribution in [-0.4, -0.2) is 29.3 Å². The molecule has 178 valence electrons. The van der Waals surface area contributed by atoms with Gasteiger partial charge in [0.15, 0.2) is 0 Å². The van der Waals surface area contributed by atoms with Gasteiger partial charge in [0.2, 0.25) is 5.91 Å². The number of halogens is 2. The van der Waals surface area contributed by atoms with Gasteiger partial charge in [-0.3, -0.25) is 9.59 Å². The zero-order valence-electron chi connectivity index (χ0n) is 18.7. The van der Waals surface area contributed by atoms with E-state index in [1.807, 2.05) is 19.1 Å². The normalized spacial score (nSPS) is 14.3. The van der Waals surface area contributed by atoms with Crippen molar-refractivity contribution in [2.75, 3.05) is 11.9 Å². The van der Waals surface area contributed by atoms with E-state index >= 15 is 0 Å². The lowest BCUT2D eigenvalue weighted by atomic mass is 10.2. The van der Waals surface area contributed by atoms with Gasteiger partial charge in [-0.25, -0.2) is 9.69 Å². The molecule has 0 aliphatic carbocycles. The molecule has 0 radical (unpaired) electrons. The first-order valence-corrected chi connectivity index (χ1v) is 11.4. The van der Waals surface area contributed by atoms with Crippen LogP contribution >= 0.6 is 23.2 Å². The van der Waals surface area contributed by atoms with E-state index in [9.17, 15) is 14.4 Å². The third-order valence-corrected chi connectivity index (χ3v) is 5.75. The molecule has 3 aromatic carbocycles. The lowest BCUT2D eigenvalue weighted by molar-refractivity contribution is -0.127. The van der Waals surface area contributed by atoms with Crippen molar-refractivity contribution in [3.05, 3.63) is 99.2 Å². The first-order chi connectivity index (χ1) is 16.8.